The number of nitrogens with zero attached hydrogens (tertiary/aromatic N) is 2. The van der Waals surface area contributed by atoms with E-state index in [2.05, 4.69) is 14.7 Å². The number of hydrogen-bond donors (Lipinski definition) is 1. The average molecular weight is 337 g/mol. The van der Waals surface area contributed by atoms with Crippen LogP contribution in [0.25, 0.3) is 0 Å². The molecule has 3 heterocycles. The third-order valence-electron chi connectivity index (χ3n) is 3.49. The van der Waals surface area contributed by atoms with Crippen molar-refractivity contribution in [3.05, 3.63) is 41.7 Å². The second-order valence-electron chi connectivity index (χ2n) is 6.47. The van der Waals surface area contributed by atoms with Gasteiger partial charge >= 0.3 is 0 Å². The Kier molecular flexibility index (Phi) is 3.99. The topological polar surface area (TPSA) is 94.3 Å². The molecule has 2 aromatic heterocycles. The molecule has 0 amide bonds. The number of aromatic nitrogens is 2. The minimum atomic E-state index is -3.84. The van der Waals surface area contributed by atoms with Crippen LogP contribution in [0.1, 0.15) is 44.0 Å². The fourth-order valence-electron chi connectivity index (χ4n) is 2.32. The van der Waals surface area contributed by atoms with Crippen molar-refractivity contribution in [1.29, 1.82) is 0 Å². The molecule has 0 spiro atoms. The molecular formula is C15H19N3O4S. The van der Waals surface area contributed by atoms with Crippen LogP contribution in [0, 0.1) is 0 Å². The Morgan fingerprint density at radius 1 is 1.30 bits per heavy atom. The van der Waals surface area contributed by atoms with Crippen LogP contribution >= 0.6 is 0 Å². The predicted molar refractivity (Wildman–Crippen MR) is 82.2 cm³/mol. The molecule has 0 radical (unpaired) electrons. The fraction of sp³-hybridized carbons (Fsp3) is 0.467. The third-order valence-corrected chi connectivity index (χ3v) is 4.80. The van der Waals surface area contributed by atoms with Gasteiger partial charge in [0.05, 0.1) is 31.1 Å². The number of fused-ring (bicyclic) bond motifs is 1. The molecule has 7 nitrogen and oxygen atoms in total. The standard InChI is InChI=1S/C15H19N3O4S/c1-15(2,3)14-17-7-12(22-14)23(19,20)18-11-9-21-8-10-5-4-6-16-13(10)11/h4-7,11,18H,8-9H2,1-3H3. The van der Waals surface area contributed by atoms with Crippen molar-refractivity contribution in [2.24, 2.45) is 0 Å². The zero-order chi connectivity index (χ0) is 16.7. The third kappa shape index (κ3) is 3.29. The molecular weight excluding hydrogens is 318 g/mol. The van der Waals surface area contributed by atoms with Gasteiger partial charge in [-0.25, -0.2) is 13.4 Å². The summed E-state index contributed by atoms with van der Waals surface area (Å²) in [5.74, 6) is 0.372. The molecule has 3 rings (SSSR count). The van der Waals surface area contributed by atoms with E-state index in [0.29, 0.717) is 18.2 Å². The SMILES string of the molecule is CC(C)(C)c1ncc(S(=O)(=O)NC2COCc3cccnc32)o1. The number of sulfonamides is 1. The van der Waals surface area contributed by atoms with E-state index in [1.54, 1.807) is 12.3 Å². The van der Waals surface area contributed by atoms with Gasteiger partial charge in [0.1, 0.15) is 0 Å². The molecule has 0 bridgehead atoms. The van der Waals surface area contributed by atoms with Gasteiger partial charge < -0.3 is 9.15 Å². The van der Waals surface area contributed by atoms with Gasteiger partial charge in [-0.05, 0) is 6.07 Å². The summed E-state index contributed by atoms with van der Waals surface area (Å²) in [6.45, 7) is 6.36. The number of pyridine rings is 1. The molecule has 0 aromatic carbocycles. The summed E-state index contributed by atoms with van der Waals surface area (Å²) in [5, 5.41) is -0.203. The molecule has 1 aliphatic heterocycles. The Bertz CT molecular complexity index is 808. The molecule has 124 valence electrons. The Balaban J connectivity index is 1.87. The summed E-state index contributed by atoms with van der Waals surface area (Å²) in [6.07, 6.45) is 2.86. The highest BCUT2D eigenvalue weighted by molar-refractivity contribution is 7.89. The van der Waals surface area contributed by atoms with Gasteiger partial charge in [0.25, 0.3) is 15.1 Å². The first-order chi connectivity index (χ1) is 10.8. The molecule has 1 aliphatic rings. The maximum Gasteiger partial charge on any atom is 0.276 e. The number of rotatable bonds is 3. The minimum Gasteiger partial charge on any atom is -0.427 e. The van der Waals surface area contributed by atoms with Gasteiger partial charge in [-0.3, -0.25) is 4.98 Å². The molecule has 23 heavy (non-hydrogen) atoms. The monoisotopic (exact) mass is 337 g/mol. The van der Waals surface area contributed by atoms with Gasteiger partial charge in [0.2, 0.25) is 5.89 Å². The highest BCUT2D eigenvalue weighted by atomic mass is 32.2. The molecule has 0 aliphatic carbocycles. The van der Waals surface area contributed by atoms with E-state index in [1.165, 1.54) is 6.20 Å². The van der Waals surface area contributed by atoms with Crippen LogP contribution in [0.3, 0.4) is 0 Å². The predicted octanol–water partition coefficient (Wildman–Crippen LogP) is 1.92. The lowest BCUT2D eigenvalue weighted by Gasteiger charge is -2.24. The van der Waals surface area contributed by atoms with Crippen molar-refractivity contribution >= 4 is 10.0 Å². The highest BCUT2D eigenvalue weighted by Crippen LogP contribution is 2.26. The maximum absolute atomic E-state index is 12.5. The molecule has 0 saturated heterocycles. The first-order valence-electron chi connectivity index (χ1n) is 7.27. The average Bonchev–Trinajstić information content (AvgIpc) is 2.98. The van der Waals surface area contributed by atoms with Crippen molar-refractivity contribution in [3.8, 4) is 0 Å². The van der Waals surface area contributed by atoms with Crippen LogP contribution in [-0.4, -0.2) is 25.0 Å². The van der Waals surface area contributed by atoms with Gasteiger partial charge in [-0.1, -0.05) is 26.8 Å². The second kappa shape index (κ2) is 5.70. The van der Waals surface area contributed by atoms with E-state index >= 15 is 0 Å². The summed E-state index contributed by atoms with van der Waals surface area (Å²) < 4.78 is 38.5. The maximum atomic E-state index is 12.5. The van der Waals surface area contributed by atoms with Crippen LogP contribution < -0.4 is 4.72 Å². The van der Waals surface area contributed by atoms with Gasteiger partial charge in [-0.15, -0.1) is 0 Å². The van der Waals surface area contributed by atoms with E-state index in [9.17, 15) is 8.42 Å². The van der Waals surface area contributed by atoms with Crippen molar-refractivity contribution < 1.29 is 17.6 Å². The Labute approximate surface area is 135 Å². The normalized spacial score (nSPS) is 18.7. The van der Waals surface area contributed by atoms with Crippen molar-refractivity contribution in [2.45, 2.75) is 43.9 Å². The summed E-state index contributed by atoms with van der Waals surface area (Å²) in [5.41, 5.74) is 1.19. The zero-order valence-corrected chi connectivity index (χ0v) is 14.1. The summed E-state index contributed by atoms with van der Waals surface area (Å²) in [7, 11) is -3.84. The summed E-state index contributed by atoms with van der Waals surface area (Å²) in [6, 6.07) is 3.12. The number of nitrogens with one attached hydrogen (secondary N) is 1. The van der Waals surface area contributed by atoms with Crippen molar-refractivity contribution in [1.82, 2.24) is 14.7 Å². The second-order valence-corrected chi connectivity index (χ2v) is 8.12. The molecule has 2 aromatic rings. The van der Waals surface area contributed by atoms with Gasteiger partial charge in [0, 0.05) is 17.2 Å². The molecule has 1 atom stereocenters. The van der Waals surface area contributed by atoms with Crippen LogP contribution in [-0.2, 0) is 26.8 Å². The van der Waals surface area contributed by atoms with Gasteiger partial charge in [-0.2, -0.15) is 4.72 Å². The lowest BCUT2D eigenvalue weighted by molar-refractivity contribution is 0.0861. The largest absolute Gasteiger partial charge is 0.427 e. The van der Waals surface area contributed by atoms with Gasteiger partial charge in [0.15, 0.2) is 0 Å². The summed E-state index contributed by atoms with van der Waals surface area (Å²) in [4.78, 5) is 8.33. The van der Waals surface area contributed by atoms with E-state index in [4.69, 9.17) is 9.15 Å². The lowest BCUT2D eigenvalue weighted by Crippen LogP contribution is -2.34. The van der Waals surface area contributed by atoms with E-state index in [1.807, 2.05) is 26.8 Å². The van der Waals surface area contributed by atoms with Crippen LogP contribution in [0.2, 0.25) is 0 Å². The summed E-state index contributed by atoms with van der Waals surface area (Å²) >= 11 is 0. The lowest BCUT2D eigenvalue weighted by atomic mass is 9.97. The van der Waals surface area contributed by atoms with Crippen LogP contribution in [0.5, 0.6) is 0 Å². The first-order valence-corrected chi connectivity index (χ1v) is 8.76. The van der Waals surface area contributed by atoms with E-state index in [0.717, 1.165) is 5.56 Å². The van der Waals surface area contributed by atoms with E-state index < -0.39 is 16.1 Å². The minimum absolute atomic E-state index is 0.203. The highest BCUT2D eigenvalue weighted by Gasteiger charge is 2.31. The molecule has 8 heteroatoms. The molecule has 1 unspecified atom stereocenters. The first kappa shape index (κ1) is 16.1. The number of oxazole rings is 1. The van der Waals surface area contributed by atoms with Crippen molar-refractivity contribution in [3.63, 3.8) is 0 Å². The number of ether oxygens (including phenoxy) is 1. The Morgan fingerprint density at radius 2 is 2.09 bits per heavy atom. The zero-order valence-electron chi connectivity index (χ0n) is 13.2. The molecule has 0 saturated carbocycles. The molecule has 1 N–H and O–H groups in total. The number of hydrogen-bond acceptors (Lipinski definition) is 6. The van der Waals surface area contributed by atoms with E-state index in [-0.39, 0.29) is 17.1 Å². The van der Waals surface area contributed by atoms with Crippen molar-refractivity contribution in [2.75, 3.05) is 6.61 Å². The smallest absolute Gasteiger partial charge is 0.276 e. The Hall–Kier alpha value is -1.77. The Morgan fingerprint density at radius 3 is 2.78 bits per heavy atom. The quantitative estimate of drug-likeness (QED) is 0.919. The van der Waals surface area contributed by atoms with Crippen LogP contribution in [0.4, 0.5) is 0 Å². The molecule has 0 fully saturated rings. The van der Waals surface area contributed by atoms with Crippen LogP contribution in [0.15, 0.2) is 34.0 Å². The fourth-order valence-corrected chi connectivity index (χ4v) is 3.37.